The fourth-order valence-electron chi connectivity index (χ4n) is 1.73. The lowest BCUT2D eigenvalue weighted by molar-refractivity contribution is 0.0142. The molecule has 0 bridgehead atoms. The van der Waals surface area contributed by atoms with E-state index in [-0.39, 0.29) is 18.4 Å². The van der Waals surface area contributed by atoms with Crippen LogP contribution < -0.4 is 10.1 Å². The molecular formula is C17H22N2O3S. The van der Waals surface area contributed by atoms with Crippen molar-refractivity contribution in [2.75, 3.05) is 6.54 Å². The Morgan fingerprint density at radius 3 is 2.65 bits per heavy atom. The maximum Gasteiger partial charge on any atom is 0.251 e. The van der Waals surface area contributed by atoms with Crippen LogP contribution in [0.1, 0.15) is 36.8 Å². The molecule has 0 spiro atoms. The van der Waals surface area contributed by atoms with Gasteiger partial charge in [0.15, 0.2) is 0 Å². The molecule has 1 atom stereocenters. The molecule has 2 aromatic rings. The molecule has 0 aliphatic carbocycles. The van der Waals surface area contributed by atoms with Crippen molar-refractivity contribution < 1.29 is 14.6 Å². The molecule has 0 saturated carbocycles. The maximum absolute atomic E-state index is 12.1. The predicted molar refractivity (Wildman–Crippen MR) is 90.7 cm³/mol. The molecule has 0 aliphatic rings. The van der Waals surface area contributed by atoms with Gasteiger partial charge in [0.1, 0.15) is 12.4 Å². The van der Waals surface area contributed by atoms with E-state index in [1.54, 1.807) is 36.7 Å². The van der Waals surface area contributed by atoms with Crippen molar-refractivity contribution in [3.63, 3.8) is 0 Å². The van der Waals surface area contributed by atoms with E-state index in [9.17, 15) is 9.90 Å². The molecule has 0 aliphatic heterocycles. The zero-order chi connectivity index (χ0) is 16.9. The van der Waals surface area contributed by atoms with Gasteiger partial charge in [-0.05, 0) is 37.1 Å². The summed E-state index contributed by atoms with van der Waals surface area (Å²) in [6, 6.07) is 6.91. The van der Waals surface area contributed by atoms with Crippen molar-refractivity contribution in [3.05, 3.63) is 46.4 Å². The van der Waals surface area contributed by atoms with E-state index in [2.05, 4.69) is 10.3 Å². The van der Waals surface area contributed by atoms with Crippen LogP contribution in [0, 0.1) is 5.92 Å². The summed E-state index contributed by atoms with van der Waals surface area (Å²) < 4.78 is 5.60. The summed E-state index contributed by atoms with van der Waals surface area (Å²) in [4.78, 5) is 16.2. The van der Waals surface area contributed by atoms with Gasteiger partial charge >= 0.3 is 0 Å². The average molecular weight is 334 g/mol. The second-order valence-electron chi connectivity index (χ2n) is 5.99. The molecule has 1 amide bonds. The molecule has 1 aromatic heterocycles. The second kappa shape index (κ2) is 7.57. The molecule has 0 saturated heterocycles. The van der Waals surface area contributed by atoms with E-state index >= 15 is 0 Å². The number of hydrogen-bond acceptors (Lipinski definition) is 5. The van der Waals surface area contributed by atoms with E-state index in [4.69, 9.17) is 4.74 Å². The van der Waals surface area contributed by atoms with Gasteiger partial charge in [-0.1, -0.05) is 13.8 Å². The quantitative estimate of drug-likeness (QED) is 0.817. The Balaban J connectivity index is 1.87. The first kappa shape index (κ1) is 17.4. The number of ether oxygens (including phenoxy) is 1. The van der Waals surface area contributed by atoms with Crippen LogP contribution in [-0.4, -0.2) is 28.1 Å². The van der Waals surface area contributed by atoms with Crippen molar-refractivity contribution in [1.29, 1.82) is 0 Å². The molecule has 5 nitrogen and oxygen atoms in total. The first-order valence-corrected chi connectivity index (χ1v) is 8.43. The van der Waals surface area contributed by atoms with Gasteiger partial charge in [0, 0.05) is 17.5 Å². The van der Waals surface area contributed by atoms with Crippen molar-refractivity contribution >= 4 is 17.2 Å². The molecule has 1 unspecified atom stereocenters. The number of aromatic nitrogens is 1. The van der Waals surface area contributed by atoms with Crippen molar-refractivity contribution in [2.45, 2.75) is 33.0 Å². The second-order valence-corrected chi connectivity index (χ2v) is 6.71. The zero-order valence-corrected chi connectivity index (χ0v) is 14.4. The van der Waals surface area contributed by atoms with Crippen LogP contribution in [-0.2, 0) is 6.61 Å². The molecule has 23 heavy (non-hydrogen) atoms. The molecule has 2 N–H and O–H groups in total. The molecule has 1 aromatic carbocycles. The number of carbonyl (C=O) groups is 1. The minimum absolute atomic E-state index is 0.0595. The molecule has 1 heterocycles. The van der Waals surface area contributed by atoms with E-state index in [1.165, 1.54) is 11.3 Å². The minimum atomic E-state index is -0.924. The number of nitrogens with zero attached hydrogens (tertiary/aromatic N) is 1. The van der Waals surface area contributed by atoms with Gasteiger partial charge in [-0.25, -0.2) is 4.98 Å². The van der Waals surface area contributed by atoms with E-state index in [1.807, 2.05) is 19.2 Å². The lowest BCUT2D eigenvalue weighted by atomic mass is 9.92. The van der Waals surface area contributed by atoms with E-state index < -0.39 is 5.60 Å². The third-order valence-electron chi connectivity index (χ3n) is 3.84. The highest BCUT2D eigenvalue weighted by Gasteiger charge is 2.25. The molecule has 0 fully saturated rings. The standard InChI is InChI=1S/C17H22N2O3S/c1-12(2)17(3,21)10-18-16(20)13-4-6-15(7-5-13)22-8-14-9-23-11-19-14/h4-7,9,11-12,21H,8,10H2,1-3H3,(H,18,20). The van der Waals surface area contributed by atoms with Crippen LogP contribution in [0.3, 0.4) is 0 Å². The van der Waals surface area contributed by atoms with Gasteiger partial charge in [-0.15, -0.1) is 11.3 Å². The van der Waals surface area contributed by atoms with Gasteiger partial charge in [0.05, 0.1) is 16.8 Å². The number of aliphatic hydroxyl groups is 1. The summed E-state index contributed by atoms with van der Waals surface area (Å²) in [6.45, 7) is 6.17. The highest BCUT2D eigenvalue weighted by atomic mass is 32.1. The predicted octanol–water partition coefficient (Wildman–Crippen LogP) is 2.86. The number of hydrogen-bond donors (Lipinski definition) is 2. The lowest BCUT2D eigenvalue weighted by Crippen LogP contribution is -2.44. The number of benzene rings is 1. The average Bonchev–Trinajstić information content (AvgIpc) is 3.04. The molecular weight excluding hydrogens is 312 g/mol. The Hall–Kier alpha value is -1.92. The number of amides is 1. The van der Waals surface area contributed by atoms with Crippen LogP contribution in [0.4, 0.5) is 0 Å². The number of carbonyl (C=O) groups excluding carboxylic acids is 1. The maximum atomic E-state index is 12.1. The summed E-state index contributed by atoms with van der Waals surface area (Å²) in [5.74, 6) is 0.532. The summed E-state index contributed by atoms with van der Waals surface area (Å²) in [5, 5.41) is 14.8. The fourth-order valence-corrected chi connectivity index (χ4v) is 2.28. The van der Waals surface area contributed by atoms with E-state index in [0.717, 1.165) is 5.69 Å². The van der Waals surface area contributed by atoms with Crippen LogP contribution in [0.15, 0.2) is 35.2 Å². The first-order valence-electron chi connectivity index (χ1n) is 7.49. The molecule has 6 heteroatoms. The smallest absolute Gasteiger partial charge is 0.251 e. The van der Waals surface area contributed by atoms with Crippen LogP contribution in [0.5, 0.6) is 5.75 Å². The third-order valence-corrected chi connectivity index (χ3v) is 4.47. The summed E-state index contributed by atoms with van der Waals surface area (Å²) in [6.07, 6.45) is 0. The Bertz CT molecular complexity index is 622. The molecule has 124 valence electrons. The van der Waals surface area contributed by atoms with E-state index in [0.29, 0.717) is 17.9 Å². The SMILES string of the molecule is CC(C)C(C)(O)CNC(=O)c1ccc(OCc2cscn2)cc1. The van der Waals surface area contributed by atoms with Crippen LogP contribution in [0.2, 0.25) is 0 Å². The molecule has 2 rings (SSSR count). The van der Waals surface area contributed by atoms with Gasteiger partial charge in [0.2, 0.25) is 0 Å². The normalized spacial score (nSPS) is 13.6. The van der Waals surface area contributed by atoms with Crippen LogP contribution >= 0.6 is 11.3 Å². The van der Waals surface area contributed by atoms with Gasteiger partial charge < -0.3 is 15.2 Å². The van der Waals surface area contributed by atoms with Gasteiger partial charge in [-0.3, -0.25) is 4.79 Å². The monoisotopic (exact) mass is 334 g/mol. The van der Waals surface area contributed by atoms with Gasteiger partial charge in [-0.2, -0.15) is 0 Å². The summed E-state index contributed by atoms with van der Waals surface area (Å²) in [7, 11) is 0. The Labute approximate surface area is 140 Å². The topological polar surface area (TPSA) is 71.5 Å². The highest BCUT2D eigenvalue weighted by Crippen LogP contribution is 2.16. The fraction of sp³-hybridized carbons (Fsp3) is 0.412. The summed E-state index contributed by atoms with van der Waals surface area (Å²) in [5.41, 5.74) is 2.25. The van der Waals surface area contributed by atoms with Crippen molar-refractivity contribution in [2.24, 2.45) is 5.92 Å². The Kier molecular flexibility index (Phi) is 5.74. The molecule has 0 radical (unpaired) electrons. The highest BCUT2D eigenvalue weighted by molar-refractivity contribution is 7.07. The minimum Gasteiger partial charge on any atom is -0.487 e. The summed E-state index contributed by atoms with van der Waals surface area (Å²) >= 11 is 1.53. The lowest BCUT2D eigenvalue weighted by Gasteiger charge is -2.27. The number of rotatable bonds is 7. The first-order chi connectivity index (χ1) is 10.9. The van der Waals surface area contributed by atoms with Crippen LogP contribution in [0.25, 0.3) is 0 Å². The Morgan fingerprint density at radius 1 is 1.39 bits per heavy atom. The largest absolute Gasteiger partial charge is 0.487 e. The zero-order valence-electron chi connectivity index (χ0n) is 13.6. The third kappa shape index (κ3) is 5.04. The van der Waals surface area contributed by atoms with Crippen molar-refractivity contribution in [1.82, 2.24) is 10.3 Å². The number of nitrogens with one attached hydrogen (secondary N) is 1. The number of thiazole rings is 1. The van der Waals surface area contributed by atoms with Gasteiger partial charge in [0.25, 0.3) is 5.91 Å². The van der Waals surface area contributed by atoms with Crippen molar-refractivity contribution in [3.8, 4) is 5.75 Å². The Morgan fingerprint density at radius 2 is 2.09 bits per heavy atom.